The predicted molar refractivity (Wildman–Crippen MR) is 90.9 cm³/mol. The lowest BCUT2D eigenvalue weighted by Crippen LogP contribution is -2.16. The third-order valence-electron chi connectivity index (χ3n) is 3.56. The molecule has 1 atom stereocenters. The molecule has 5 nitrogen and oxygen atoms in total. The van der Waals surface area contributed by atoms with Gasteiger partial charge in [-0.2, -0.15) is 5.26 Å². The summed E-state index contributed by atoms with van der Waals surface area (Å²) in [4.78, 5) is 25.5. The van der Waals surface area contributed by atoms with Gasteiger partial charge >= 0.3 is 0 Å². The summed E-state index contributed by atoms with van der Waals surface area (Å²) < 4.78 is 0. The highest BCUT2D eigenvalue weighted by Gasteiger charge is 2.26. The summed E-state index contributed by atoms with van der Waals surface area (Å²) in [5, 5.41) is 10.9. The summed E-state index contributed by atoms with van der Waals surface area (Å²) in [5.74, 6) is -1.31. The summed E-state index contributed by atoms with van der Waals surface area (Å²) in [6.45, 7) is 3.60. The lowest BCUT2D eigenvalue weighted by atomic mass is 10.0. The highest BCUT2D eigenvalue weighted by molar-refractivity contribution is 6.31. The first-order valence-corrected chi connectivity index (χ1v) is 7.68. The first-order chi connectivity index (χ1) is 11.5. The molecule has 2 heterocycles. The molecule has 3 rings (SSSR count). The topological polar surface area (TPSA) is 79.5 Å². The first kappa shape index (κ1) is 16.0. The summed E-state index contributed by atoms with van der Waals surface area (Å²) in [7, 11) is 0. The van der Waals surface area contributed by atoms with Crippen LogP contribution in [0.1, 0.15) is 33.6 Å². The maximum Gasteiger partial charge on any atom is 0.206 e. The zero-order chi connectivity index (χ0) is 17.3. The van der Waals surface area contributed by atoms with Gasteiger partial charge < -0.3 is 0 Å². The van der Waals surface area contributed by atoms with E-state index >= 15 is 0 Å². The predicted octanol–water partition coefficient (Wildman–Crippen LogP) is 3.79. The smallest absolute Gasteiger partial charge is 0.206 e. The van der Waals surface area contributed by atoms with Crippen molar-refractivity contribution in [1.29, 1.82) is 5.26 Å². The summed E-state index contributed by atoms with van der Waals surface area (Å²) in [6.07, 6.45) is 0. The fourth-order valence-electron chi connectivity index (χ4n) is 2.49. The van der Waals surface area contributed by atoms with Crippen LogP contribution in [0.15, 0.2) is 36.4 Å². The number of nitrogens with zero attached hydrogens (tertiary/aromatic N) is 4. The minimum Gasteiger partial charge on any atom is -0.290 e. The Bertz CT molecular complexity index is 974. The van der Waals surface area contributed by atoms with Crippen LogP contribution in [0.3, 0.4) is 0 Å². The van der Waals surface area contributed by atoms with Crippen molar-refractivity contribution in [3.05, 3.63) is 64.3 Å². The van der Waals surface area contributed by atoms with E-state index in [1.54, 1.807) is 44.2 Å². The highest BCUT2D eigenvalue weighted by Crippen LogP contribution is 2.21. The maximum atomic E-state index is 12.7. The molecule has 0 unspecified atom stereocenters. The second-order valence-corrected chi connectivity index (χ2v) is 5.91. The number of nitriles is 1. The van der Waals surface area contributed by atoms with Crippen molar-refractivity contribution in [2.75, 3.05) is 0 Å². The number of halogens is 1. The van der Waals surface area contributed by atoms with Gasteiger partial charge in [-0.1, -0.05) is 23.7 Å². The zero-order valence-corrected chi connectivity index (χ0v) is 13.9. The Morgan fingerprint density at radius 1 is 1.08 bits per heavy atom. The third kappa shape index (κ3) is 3.10. The number of Topliss-reactive ketones (excluding diaryl/α,β-unsaturated/α-hetero) is 1. The molecule has 0 spiro atoms. The van der Waals surface area contributed by atoms with E-state index in [-0.39, 0.29) is 11.5 Å². The molecule has 0 amide bonds. The van der Waals surface area contributed by atoms with Crippen molar-refractivity contribution in [1.82, 2.24) is 15.0 Å². The Kier molecular flexibility index (Phi) is 4.24. The molecule has 0 fully saturated rings. The monoisotopic (exact) mass is 336 g/mol. The Hall–Kier alpha value is -2.84. The third-order valence-corrected chi connectivity index (χ3v) is 3.79. The molecule has 118 valence electrons. The van der Waals surface area contributed by atoms with Gasteiger partial charge in [0.05, 0.1) is 11.6 Å². The van der Waals surface area contributed by atoms with E-state index in [9.17, 15) is 10.1 Å². The largest absolute Gasteiger partial charge is 0.290 e. The van der Waals surface area contributed by atoms with Crippen molar-refractivity contribution in [3.8, 4) is 6.07 Å². The maximum absolute atomic E-state index is 12.7. The minimum absolute atomic E-state index is 0.194. The van der Waals surface area contributed by atoms with Crippen molar-refractivity contribution in [3.63, 3.8) is 0 Å². The molecule has 6 heteroatoms. The van der Waals surface area contributed by atoms with Gasteiger partial charge in [-0.25, -0.2) is 15.0 Å². The second-order valence-electron chi connectivity index (χ2n) is 5.47. The lowest BCUT2D eigenvalue weighted by molar-refractivity contribution is 0.0971. The van der Waals surface area contributed by atoms with Crippen LogP contribution in [0.5, 0.6) is 0 Å². The number of hydrogen-bond donors (Lipinski definition) is 0. The van der Waals surface area contributed by atoms with Gasteiger partial charge in [0.1, 0.15) is 5.69 Å². The molecular formula is C18H13ClN4O. The van der Waals surface area contributed by atoms with Crippen LogP contribution in [-0.4, -0.2) is 20.7 Å². The summed E-state index contributed by atoms with van der Waals surface area (Å²) >= 11 is 5.97. The van der Waals surface area contributed by atoms with Crippen LogP contribution in [-0.2, 0) is 0 Å². The van der Waals surface area contributed by atoms with Crippen molar-refractivity contribution < 1.29 is 4.79 Å². The van der Waals surface area contributed by atoms with E-state index in [0.717, 1.165) is 5.39 Å². The number of rotatable bonds is 3. The molecule has 0 radical (unpaired) electrons. The van der Waals surface area contributed by atoms with Gasteiger partial charge in [0.2, 0.25) is 5.78 Å². The molecule has 1 aromatic carbocycles. The van der Waals surface area contributed by atoms with Gasteiger partial charge in [0.25, 0.3) is 0 Å². The standard InChI is InChI=1S/C18H13ClN4O/c1-10-7-11(2)22-18(21-10)14(9-20)17(24)15-6-4-12-3-5-13(19)8-16(12)23-15/h3-8,14H,1-2H3/t14-/m1/s1. The van der Waals surface area contributed by atoms with Crippen LogP contribution in [0.25, 0.3) is 10.9 Å². The number of carbonyl (C=O) groups excluding carboxylic acids is 1. The van der Waals surface area contributed by atoms with E-state index in [2.05, 4.69) is 15.0 Å². The number of pyridine rings is 1. The normalized spacial score (nSPS) is 11.9. The van der Waals surface area contributed by atoms with Crippen LogP contribution in [0, 0.1) is 25.2 Å². The highest BCUT2D eigenvalue weighted by atomic mass is 35.5. The lowest BCUT2D eigenvalue weighted by Gasteiger charge is -2.09. The Labute approximate surface area is 144 Å². The molecule has 0 N–H and O–H groups in total. The molecule has 0 aliphatic heterocycles. The number of aryl methyl sites for hydroxylation is 2. The average molecular weight is 337 g/mol. The molecule has 0 saturated heterocycles. The van der Waals surface area contributed by atoms with E-state index in [0.29, 0.717) is 21.9 Å². The quantitative estimate of drug-likeness (QED) is 0.680. The Morgan fingerprint density at radius 2 is 1.75 bits per heavy atom. The van der Waals surface area contributed by atoms with E-state index in [4.69, 9.17) is 11.6 Å². The van der Waals surface area contributed by atoms with Crippen LogP contribution in [0.2, 0.25) is 5.02 Å². The number of carbonyl (C=O) groups is 1. The Morgan fingerprint density at radius 3 is 2.42 bits per heavy atom. The molecular weight excluding hydrogens is 324 g/mol. The fraction of sp³-hybridized carbons (Fsp3) is 0.167. The van der Waals surface area contributed by atoms with Crippen LogP contribution < -0.4 is 0 Å². The zero-order valence-electron chi connectivity index (χ0n) is 13.1. The number of ketones is 1. The molecule has 0 aliphatic carbocycles. The SMILES string of the molecule is Cc1cc(C)nc([C@H](C#N)C(=O)c2ccc3ccc(Cl)cc3n2)n1. The second kappa shape index (κ2) is 6.34. The number of hydrogen-bond acceptors (Lipinski definition) is 5. The van der Waals surface area contributed by atoms with E-state index in [1.807, 2.05) is 12.1 Å². The van der Waals surface area contributed by atoms with E-state index in [1.165, 1.54) is 0 Å². The first-order valence-electron chi connectivity index (χ1n) is 7.30. The van der Waals surface area contributed by atoms with Crippen molar-refractivity contribution in [2.24, 2.45) is 0 Å². The van der Waals surface area contributed by atoms with Crippen LogP contribution >= 0.6 is 11.6 Å². The van der Waals surface area contributed by atoms with Crippen LogP contribution in [0.4, 0.5) is 0 Å². The Balaban J connectivity index is 2.04. The van der Waals surface area contributed by atoms with Gasteiger partial charge in [-0.15, -0.1) is 0 Å². The van der Waals surface area contributed by atoms with Gasteiger partial charge in [0.15, 0.2) is 11.7 Å². The number of benzene rings is 1. The van der Waals surface area contributed by atoms with Gasteiger partial charge in [-0.05, 0) is 38.1 Å². The molecule has 24 heavy (non-hydrogen) atoms. The average Bonchev–Trinajstić information content (AvgIpc) is 2.53. The van der Waals surface area contributed by atoms with E-state index < -0.39 is 11.7 Å². The number of fused-ring (bicyclic) bond motifs is 1. The van der Waals surface area contributed by atoms with Crippen molar-refractivity contribution >= 4 is 28.3 Å². The molecule has 3 aromatic rings. The number of aromatic nitrogens is 3. The summed E-state index contributed by atoms with van der Waals surface area (Å²) in [5.41, 5.74) is 2.22. The summed E-state index contributed by atoms with van der Waals surface area (Å²) in [6, 6.07) is 12.4. The van der Waals surface area contributed by atoms with Gasteiger partial charge in [0, 0.05) is 21.8 Å². The minimum atomic E-state index is -1.09. The molecule has 0 aliphatic rings. The molecule has 0 saturated carbocycles. The molecule has 2 aromatic heterocycles. The fourth-order valence-corrected chi connectivity index (χ4v) is 2.66. The van der Waals surface area contributed by atoms with Crippen molar-refractivity contribution in [2.45, 2.75) is 19.8 Å². The molecule has 0 bridgehead atoms. The van der Waals surface area contributed by atoms with Gasteiger partial charge in [-0.3, -0.25) is 4.79 Å².